The lowest BCUT2D eigenvalue weighted by molar-refractivity contribution is 0.0979. The molecule has 1 unspecified atom stereocenters. The topological polar surface area (TPSA) is 40.9 Å². The molecule has 0 bridgehead atoms. The second-order valence-electron chi connectivity index (χ2n) is 3.99. The fourth-order valence-electron chi connectivity index (χ4n) is 1.75. The van der Waals surface area contributed by atoms with Crippen molar-refractivity contribution in [3.63, 3.8) is 0 Å². The molecule has 4 heteroatoms. The van der Waals surface area contributed by atoms with Crippen LogP contribution >= 0.6 is 11.6 Å². The molecule has 19 heavy (non-hydrogen) atoms. The molecule has 0 heterocycles. The van der Waals surface area contributed by atoms with Gasteiger partial charge in [-0.05, 0) is 29.8 Å². The predicted octanol–water partition coefficient (Wildman–Crippen LogP) is 3.97. The van der Waals surface area contributed by atoms with Gasteiger partial charge in [0, 0.05) is 10.6 Å². The van der Waals surface area contributed by atoms with E-state index in [0.717, 1.165) is 0 Å². The summed E-state index contributed by atoms with van der Waals surface area (Å²) in [5.41, 5.74) is 0.831. The highest BCUT2D eigenvalue weighted by molar-refractivity contribution is 6.31. The Morgan fingerprint density at radius 3 is 2.47 bits per heavy atom. The van der Waals surface area contributed by atoms with Crippen LogP contribution in [0.2, 0.25) is 5.02 Å². The summed E-state index contributed by atoms with van der Waals surface area (Å²) in [5.74, 6) is -1.72. The van der Waals surface area contributed by atoms with Crippen LogP contribution in [0.1, 0.15) is 21.8 Å². The van der Waals surface area contributed by atoms with Crippen LogP contribution in [0.3, 0.4) is 0 Å². The second kappa shape index (κ2) is 5.64. The number of halogens is 2. The molecule has 0 aliphatic carbocycles. The molecule has 2 aromatic rings. The van der Waals surface area contributed by atoms with Gasteiger partial charge in [0.25, 0.3) is 0 Å². The summed E-state index contributed by atoms with van der Waals surface area (Å²) >= 11 is 5.82. The largest absolute Gasteiger partial charge is 0.292 e. The highest BCUT2D eigenvalue weighted by Crippen LogP contribution is 2.22. The van der Waals surface area contributed by atoms with Crippen LogP contribution in [0.15, 0.2) is 48.5 Å². The molecule has 2 aromatic carbocycles. The SMILES string of the molecule is N#CC(C(=O)c1cccc(Cl)c1)c1ccc(F)cc1. The molecular weight excluding hydrogens is 265 g/mol. The van der Waals surface area contributed by atoms with Gasteiger partial charge in [-0.1, -0.05) is 35.9 Å². The molecule has 0 fully saturated rings. The summed E-state index contributed by atoms with van der Waals surface area (Å²) in [6, 6.07) is 13.7. The fraction of sp³-hybridized carbons (Fsp3) is 0.0667. The third-order valence-electron chi connectivity index (χ3n) is 2.70. The Bertz CT molecular complexity index is 646. The average molecular weight is 274 g/mol. The number of Topliss-reactive ketones (excluding diaryl/α,β-unsaturated/α-hetero) is 1. The van der Waals surface area contributed by atoms with Crippen molar-refractivity contribution in [2.45, 2.75) is 5.92 Å². The average Bonchev–Trinajstić information content (AvgIpc) is 2.41. The minimum Gasteiger partial charge on any atom is -0.292 e. The molecule has 2 rings (SSSR count). The summed E-state index contributed by atoms with van der Waals surface area (Å²) in [6.07, 6.45) is 0. The Morgan fingerprint density at radius 1 is 1.21 bits per heavy atom. The highest BCUT2D eigenvalue weighted by Gasteiger charge is 2.21. The number of nitriles is 1. The third kappa shape index (κ3) is 2.98. The van der Waals surface area contributed by atoms with Crippen molar-refractivity contribution in [2.75, 3.05) is 0 Å². The van der Waals surface area contributed by atoms with Gasteiger partial charge in [0.2, 0.25) is 0 Å². The number of ketones is 1. The van der Waals surface area contributed by atoms with Crippen LogP contribution in [-0.4, -0.2) is 5.78 Å². The number of nitrogens with zero attached hydrogens (tertiary/aromatic N) is 1. The van der Waals surface area contributed by atoms with Gasteiger partial charge in [-0.25, -0.2) is 4.39 Å². The van der Waals surface area contributed by atoms with Gasteiger partial charge in [-0.3, -0.25) is 4.79 Å². The lowest BCUT2D eigenvalue weighted by Gasteiger charge is -2.08. The first-order valence-electron chi connectivity index (χ1n) is 5.56. The van der Waals surface area contributed by atoms with Gasteiger partial charge in [-0.15, -0.1) is 0 Å². The summed E-state index contributed by atoms with van der Waals surface area (Å²) in [6.45, 7) is 0. The molecule has 0 aliphatic heterocycles. The molecule has 0 amide bonds. The van der Waals surface area contributed by atoms with E-state index in [0.29, 0.717) is 16.1 Å². The van der Waals surface area contributed by atoms with Crippen molar-refractivity contribution in [1.29, 1.82) is 5.26 Å². The lowest BCUT2D eigenvalue weighted by Crippen LogP contribution is -2.11. The number of rotatable bonds is 3. The zero-order chi connectivity index (χ0) is 13.8. The van der Waals surface area contributed by atoms with E-state index in [1.807, 2.05) is 6.07 Å². The zero-order valence-corrected chi connectivity index (χ0v) is 10.6. The molecule has 1 atom stereocenters. The smallest absolute Gasteiger partial charge is 0.184 e. The van der Waals surface area contributed by atoms with Crippen LogP contribution < -0.4 is 0 Å². The molecule has 0 aliphatic rings. The molecular formula is C15H9ClFNO. The first kappa shape index (κ1) is 13.3. The third-order valence-corrected chi connectivity index (χ3v) is 2.94. The Labute approximate surface area is 115 Å². The maximum atomic E-state index is 12.8. The van der Waals surface area contributed by atoms with E-state index < -0.39 is 11.7 Å². The van der Waals surface area contributed by atoms with Gasteiger partial charge in [0.05, 0.1) is 6.07 Å². The van der Waals surface area contributed by atoms with Gasteiger partial charge in [0.15, 0.2) is 5.78 Å². The normalized spacial score (nSPS) is 11.6. The number of carbonyl (C=O) groups is 1. The Hall–Kier alpha value is -2.18. The minimum atomic E-state index is -0.959. The van der Waals surface area contributed by atoms with Gasteiger partial charge in [0.1, 0.15) is 11.7 Å². The van der Waals surface area contributed by atoms with E-state index in [1.54, 1.807) is 18.2 Å². The van der Waals surface area contributed by atoms with Crippen LogP contribution in [0.4, 0.5) is 4.39 Å². The number of benzene rings is 2. The van der Waals surface area contributed by atoms with E-state index in [4.69, 9.17) is 16.9 Å². The van der Waals surface area contributed by atoms with Crippen molar-refractivity contribution in [1.82, 2.24) is 0 Å². The summed E-state index contributed by atoms with van der Waals surface area (Å²) in [7, 11) is 0. The van der Waals surface area contributed by atoms with Crippen molar-refractivity contribution >= 4 is 17.4 Å². The summed E-state index contributed by atoms with van der Waals surface area (Å²) in [4.78, 5) is 12.2. The highest BCUT2D eigenvalue weighted by atomic mass is 35.5. The van der Waals surface area contributed by atoms with Crippen molar-refractivity contribution in [3.05, 3.63) is 70.5 Å². The van der Waals surface area contributed by atoms with Crippen LogP contribution in [0, 0.1) is 17.1 Å². The quantitative estimate of drug-likeness (QED) is 0.794. The minimum absolute atomic E-state index is 0.350. The van der Waals surface area contributed by atoms with E-state index in [9.17, 15) is 9.18 Å². The lowest BCUT2D eigenvalue weighted by atomic mass is 9.92. The van der Waals surface area contributed by atoms with E-state index in [-0.39, 0.29) is 5.78 Å². The van der Waals surface area contributed by atoms with E-state index >= 15 is 0 Å². The van der Waals surface area contributed by atoms with Crippen molar-refractivity contribution in [3.8, 4) is 6.07 Å². The molecule has 0 N–H and O–H groups in total. The monoisotopic (exact) mass is 273 g/mol. The number of hydrogen-bond acceptors (Lipinski definition) is 2. The van der Waals surface area contributed by atoms with Crippen LogP contribution in [-0.2, 0) is 0 Å². The number of carbonyl (C=O) groups excluding carboxylic acids is 1. The molecule has 0 saturated heterocycles. The van der Waals surface area contributed by atoms with E-state index in [2.05, 4.69) is 0 Å². The van der Waals surface area contributed by atoms with Crippen molar-refractivity contribution < 1.29 is 9.18 Å². The predicted molar refractivity (Wildman–Crippen MR) is 70.5 cm³/mol. The van der Waals surface area contributed by atoms with Crippen molar-refractivity contribution in [2.24, 2.45) is 0 Å². The van der Waals surface area contributed by atoms with Gasteiger partial charge in [-0.2, -0.15) is 5.26 Å². The van der Waals surface area contributed by atoms with Gasteiger partial charge >= 0.3 is 0 Å². The molecule has 94 valence electrons. The second-order valence-corrected chi connectivity index (χ2v) is 4.42. The molecule has 0 spiro atoms. The first-order chi connectivity index (χ1) is 9.11. The zero-order valence-electron chi connectivity index (χ0n) is 9.81. The standard InChI is InChI=1S/C15H9ClFNO/c16-12-3-1-2-11(8-12)15(19)14(9-18)10-4-6-13(17)7-5-10/h1-8,14H. The molecule has 2 nitrogen and oxygen atoms in total. The fourth-order valence-corrected chi connectivity index (χ4v) is 1.94. The maximum absolute atomic E-state index is 12.8. The van der Waals surface area contributed by atoms with Crippen LogP contribution in [0.25, 0.3) is 0 Å². The maximum Gasteiger partial charge on any atom is 0.184 e. The Kier molecular flexibility index (Phi) is 3.94. The molecule has 0 radical (unpaired) electrons. The number of hydrogen-bond donors (Lipinski definition) is 0. The Balaban J connectivity index is 2.35. The Morgan fingerprint density at radius 2 is 1.89 bits per heavy atom. The molecule has 0 aromatic heterocycles. The summed E-state index contributed by atoms with van der Waals surface area (Å²) in [5, 5.41) is 9.58. The van der Waals surface area contributed by atoms with Crippen LogP contribution in [0.5, 0.6) is 0 Å². The van der Waals surface area contributed by atoms with Gasteiger partial charge < -0.3 is 0 Å². The summed E-state index contributed by atoms with van der Waals surface area (Å²) < 4.78 is 12.8. The first-order valence-corrected chi connectivity index (χ1v) is 5.94. The molecule has 0 saturated carbocycles. The van der Waals surface area contributed by atoms with E-state index in [1.165, 1.54) is 30.3 Å².